The topological polar surface area (TPSA) is 84.3 Å². The van der Waals surface area contributed by atoms with Crippen LogP contribution < -0.4 is 10.2 Å². The minimum Gasteiger partial charge on any atom is -0.326 e. The zero-order valence-corrected chi connectivity index (χ0v) is 21.1. The first-order chi connectivity index (χ1) is 16.7. The molecule has 2 heterocycles. The highest BCUT2D eigenvalue weighted by Crippen LogP contribution is 2.57. The quantitative estimate of drug-likeness (QED) is 0.412. The van der Waals surface area contributed by atoms with Crippen molar-refractivity contribution >= 4 is 44.1 Å². The summed E-state index contributed by atoms with van der Waals surface area (Å²) in [5, 5.41) is 3.77. The van der Waals surface area contributed by atoms with Gasteiger partial charge in [-0.25, -0.2) is 17.8 Å². The van der Waals surface area contributed by atoms with Gasteiger partial charge in [0, 0.05) is 23.9 Å². The van der Waals surface area contributed by atoms with Gasteiger partial charge in [-0.15, -0.1) is 0 Å². The number of rotatable bonds is 10. The molecule has 1 fully saturated rings. The van der Waals surface area contributed by atoms with E-state index in [1.165, 1.54) is 12.1 Å². The monoisotopic (exact) mass is 518 g/mol. The van der Waals surface area contributed by atoms with Crippen LogP contribution in [0.15, 0.2) is 36.4 Å². The van der Waals surface area contributed by atoms with Gasteiger partial charge in [0.25, 0.3) is 0 Å². The fraction of sp³-hybridized carbons (Fsp3) is 0.440. The maximum absolute atomic E-state index is 14.1. The summed E-state index contributed by atoms with van der Waals surface area (Å²) in [4.78, 5) is 19.8. The smallest absolute Gasteiger partial charge is 0.238 e. The van der Waals surface area contributed by atoms with Gasteiger partial charge in [0.05, 0.1) is 34.4 Å². The molecule has 186 valence electrons. The lowest BCUT2D eigenvalue weighted by Crippen LogP contribution is -2.32. The van der Waals surface area contributed by atoms with Crippen molar-refractivity contribution in [2.24, 2.45) is 0 Å². The van der Waals surface area contributed by atoms with E-state index in [9.17, 15) is 17.6 Å². The Morgan fingerprint density at radius 1 is 1.17 bits per heavy atom. The number of amides is 1. The van der Waals surface area contributed by atoms with E-state index in [1.807, 2.05) is 12.1 Å². The number of aryl methyl sites for hydroxylation is 1. The Labute approximate surface area is 209 Å². The van der Waals surface area contributed by atoms with Gasteiger partial charge in [-0.3, -0.25) is 4.79 Å². The van der Waals surface area contributed by atoms with Crippen molar-refractivity contribution in [2.75, 3.05) is 29.5 Å². The number of carbonyl (C=O) groups excluding carboxylic acids is 1. The normalized spacial score (nSPS) is 16.4. The van der Waals surface area contributed by atoms with Gasteiger partial charge < -0.3 is 14.8 Å². The molecule has 1 N–H and O–H groups in total. The lowest BCUT2D eigenvalue weighted by atomic mass is 9.98. The second-order valence-corrected chi connectivity index (χ2v) is 12.2. The Morgan fingerprint density at radius 3 is 2.71 bits per heavy atom. The van der Waals surface area contributed by atoms with E-state index in [-0.39, 0.29) is 29.8 Å². The predicted octanol–water partition coefficient (Wildman–Crippen LogP) is 3.82. The zero-order valence-electron chi connectivity index (χ0n) is 19.6. The number of nitrogens with one attached hydrogen (secondary N) is 1. The van der Waals surface area contributed by atoms with Crippen LogP contribution in [0.1, 0.15) is 37.6 Å². The first-order valence-electron chi connectivity index (χ1n) is 11.9. The second kappa shape index (κ2) is 9.19. The standard InChI is InChI=1S/C25H28ClFN4O3S/c1-2-35(33,34)13-11-28-10-3-12-30-21-7-4-17(26)14-20(21)29-23(30)16-31-22-15-18(27)5-6-19(22)25(8-9-25)24(31)32/h4-7,14-15,28H,2-3,8-13,16H2,1H3. The van der Waals surface area contributed by atoms with Crippen LogP contribution in [-0.4, -0.2) is 48.5 Å². The van der Waals surface area contributed by atoms with Crippen LogP contribution in [0.5, 0.6) is 0 Å². The Hall–Kier alpha value is -2.49. The van der Waals surface area contributed by atoms with Gasteiger partial charge in [-0.1, -0.05) is 24.6 Å². The van der Waals surface area contributed by atoms with Gasteiger partial charge in [0.15, 0.2) is 9.84 Å². The van der Waals surface area contributed by atoms with Crippen LogP contribution >= 0.6 is 11.6 Å². The van der Waals surface area contributed by atoms with Crippen molar-refractivity contribution < 1.29 is 17.6 Å². The molecule has 1 spiro atoms. The molecule has 1 saturated carbocycles. The number of sulfone groups is 1. The van der Waals surface area contributed by atoms with E-state index in [0.29, 0.717) is 36.2 Å². The van der Waals surface area contributed by atoms with E-state index in [2.05, 4.69) is 9.88 Å². The lowest BCUT2D eigenvalue weighted by Gasteiger charge is -2.19. The minimum absolute atomic E-state index is 0.00791. The number of hydrogen-bond acceptors (Lipinski definition) is 5. The molecule has 35 heavy (non-hydrogen) atoms. The number of carbonyl (C=O) groups is 1. The summed E-state index contributed by atoms with van der Waals surface area (Å²) in [5.74, 6) is 0.614. The van der Waals surface area contributed by atoms with Crippen LogP contribution in [0.25, 0.3) is 11.0 Å². The fourth-order valence-corrected chi connectivity index (χ4v) is 5.81. The molecule has 5 rings (SSSR count). The average molecular weight is 519 g/mol. The maximum atomic E-state index is 14.1. The average Bonchev–Trinajstić information content (AvgIpc) is 3.52. The first kappa shape index (κ1) is 24.2. The van der Waals surface area contributed by atoms with E-state index < -0.39 is 15.3 Å². The van der Waals surface area contributed by atoms with Crippen LogP contribution in [0, 0.1) is 5.82 Å². The Balaban J connectivity index is 1.36. The third kappa shape index (κ3) is 4.57. The summed E-state index contributed by atoms with van der Waals surface area (Å²) in [6.45, 7) is 3.58. The summed E-state index contributed by atoms with van der Waals surface area (Å²) in [7, 11) is -2.99. The van der Waals surface area contributed by atoms with Crippen LogP contribution in [0.2, 0.25) is 5.02 Å². The zero-order chi connectivity index (χ0) is 24.8. The van der Waals surface area contributed by atoms with Crippen molar-refractivity contribution in [1.82, 2.24) is 14.9 Å². The van der Waals surface area contributed by atoms with Crippen molar-refractivity contribution in [3.05, 3.63) is 58.6 Å². The van der Waals surface area contributed by atoms with Crippen molar-refractivity contribution in [3.63, 3.8) is 0 Å². The number of nitrogens with zero attached hydrogens (tertiary/aromatic N) is 3. The highest BCUT2D eigenvalue weighted by atomic mass is 35.5. The molecule has 3 aromatic rings. The summed E-state index contributed by atoms with van der Waals surface area (Å²) in [5.41, 5.74) is 2.67. The summed E-state index contributed by atoms with van der Waals surface area (Å²) < 4.78 is 39.5. The SMILES string of the molecule is CCS(=O)(=O)CCNCCCn1c(CN2C(=O)C3(CC3)c3ccc(F)cc32)nc2cc(Cl)ccc21. The number of fused-ring (bicyclic) bond motifs is 3. The van der Waals surface area contributed by atoms with E-state index in [4.69, 9.17) is 16.6 Å². The molecule has 7 nitrogen and oxygen atoms in total. The number of imidazole rings is 1. The molecule has 0 radical (unpaired) electrons. The summed E-state index contributed by atoms with van der Waals surface area (Å²) in [6, 6.07) is 10.1. The molecule has 2 aromatic carbocycles. The van der Waals surface area contributed by atoms with Gasteiger partial charge in [-0.2, -0.15) is 0 Å². The van der Waals surface area contributed by atoms with E-state index in [0.717, 1.165) is 35.9 Å². The molecule has 1 amide bonds. The second-order valence-electron chi connectivity index (χ2n) is 9.29. The fourth-order valence-electron chi connectivity index (χ4n) is 4.90. The van der Waals surface area contributed by atoms with E-state index >= 15 is 0 Å². The van der Waals surface area contributed by atoms with Crippen molar-refractivity contribution in [1.29, 1.82) is 0 Å². The van der Waals surface area contributed by atoms with Crippen molar-refractivity contribution in [2.45, 2.75) is 44.7 Å². The largest absolute Gasteiger partial charge is 0.326 e. The number of benzene rings is 2. The van der Waals surface area contributed by atoms with Gasteiger partial charge >= 0.3 is 0 Å². The highest BCUT2D eigenvalue weighted by Gasteiger charge is 2.59. The molecule has 0 saturated heterocycles. The van der Waals surface area contributed by atoms with Gasteiger partial charge in [-0.05, 0) is 61.7 Å². The summed E-state index contributed by atoms with van der Waals surface area (Å²) in [6.07, 6.45) is 2.31. The molecule has 1 aliphatic carbocycles. The number of hydrogen-bond donors (Lipinski definition) is 1. The molecule has 0 bridgehead atoms. The first-order valence-corrected chi connectivity index (χ1v) is 14.1. The lowest BCUT2D eigenvalue weighted by molar-refractivity contribution is -0.120. The number of aromatic nitrogens is 2. The van der Waals surface area contributed by atoms with Crippen LogP contribution in [-0.2, 0) is 33.1 Å². The molecule has 2 aliphatic rings. The van der Waals surface area contributed by atoms with Crippen LogP contribution in [0.3, 0.4) is 0 Å². The molecule has 0 atom stereocenters. The third-order valence-corrected chi connectivity index (χ3v) is 8.97. The minimum atomic E-state index is -2.99. The highest BCUT2D eigenvalue weighted by molar-refractivity contribution is 7.91. The molecular formula is C25H28ClFN4O3S. The Morgan fingerprint density at radius 2 is 1.97 bits per heavy atom. The number of halogens is 2. The molecule has 10 heteroatoms. The van der Waals surface area contributed by atoms with Crippen LogP contribution in [0.4, 0.5) is 10.1 Å². The van der Waals surface area contributed by atoms with Gasteiger partial charge in [0.1, 0.15) is 11.6 Å². The third-order valence-electron chi connectivity index (χ3n) is 7.02. The Kier molecular flexibility index (Phi) is 6.35. The summed E-state index contributed by atoms with van der Waals surface area (Å²) >= 11 is 6.20. The van der Waals surface area contributed by atoms with Gasteiger partial charge in [0.2, 0.25) is 5.91 Å². The Bertz CT molecular complexity index is 1400. The molecule has 0 unspecified atom stereocenters. The number of anilines is 1. The predicted molar refractivity (Wildman–Crippen MR) is 135 cm³/mol. The maximum Gasteiger partial charge on any atom is 0.238 e. The molecule has 1 aliphatic heterocycles. The molecule has 1 aromatic heterocycles. The molecular weight excluding hydrogens is 491 g/mol. The van der Waals surface area contributed by atoms with Crippen molar-refractivity contribution in [3.8, 4) is 0 Å². The van der Waals surface area contributed by atoms with E-state index in [1.54, 1.807) is 24.0 Å².